The van der Waals surface area contributed by atoms with Gasteiger partial charge in [0, 0.05) is 12.1 Å². The topological polar surface area (TPSA) is 86.2 Å². The minimum absolute atomic E-state index is 0.0541. The number of halogens is 1. The van der Waals surface area contributed by atoms with Crippen LogP contribution in [0.5, 0.6) is 0 Å². The summed E-state index contributed by atoms with van der Waals surface area (Å²) in [6.07, 6.45) is 2.56. The predicted octanol–water partition coefficient (Wildman–Crippen LogP) is 1.86. The third kappa shape index (κ3) is 3.17. The van der Waals surface area contributed by atoms with Crippen LogP contribution in [-0.2, 0) is 4.79 Å². The molecule has 1 rings (SSSR count). The van der Waals surface area contributed by atoms with Crippen molar-refractivity contribution >= 4 is 33.6 Å². The summed E-state index contributed by atoms with van der Waals surface area (Å²) < 4.78 is 0.392. The number of hydrogen-bond donors (Lipinski definition) is 1. The molecular formula is C9H7BrN2O3. The molecule has 0 spiro atoms. The van der Waals surface area contributed by atoms with Crippen molar-refractivity contribution in [3.8, 4) is 0 Å². The molecule has 1 aromatic rings. The van der Waals surface area contributed by atoms with E-state index in [-0.39, 0.29) is 5.69 Å². The maximum Gasteiger partial charge on any atom is 0.284 e. The smallest absolute Gasteiger partial charge is 0.284 e. The first-order valence-electron chi connectivity index (χ1n) is 3.92. The lowest BCUT2D eigenvalue weighted by atomic mass is 10.2. The average molecular weight is 271 g/mol. The molecule has 0 aliphatic heterocycles. The number of rotatable bonds is 3. The second-order valence-corrected chi connectivity index (χ2v) is 3.56. The third-order valence-corrected chi connectivity index (χ3v) is 2.28. The molecule has 78 valence electrons. The fourth-order valence-electron chi connectivity index (χ4n) is 0.952. The van der Waals surface area contributed by atoms with E-state index in [0.29, 0.717) is 10.0 Å². The van der Waals surface area contributed by atoms with Crippen LogP contribution in [0.4, 0.5) is 5.69 Å². The van der Waals surface area contributed by atoms with Gasteiger partial charge in [0.1, 0.15) is 0 Å². The summed E-state index contributed by atoms with van der Waals surface area (Å²) in [5, 5.41) is 10.6. The molecule has 15 heavy (non-hydrogen) atoms. The molecule has 0 saturated heterocycles. The predicted molar refractivity (Wildman–Crippen MR) is 59.0 cm³/mol. The molecule has 1 amide bonds. The Bertz CT molecular complexity index is 443. The first-order valence-corrected chi connectivity index (χ1v) is 4.71. The van der Waals surface area contributed by atoms with Crippen LogP contribution in [0.1, 0.15) is 5.56 Å². The molecule has 0 aromatic heterocycles. The number of hydrogen-bond acceptors (Lipinski definition) is 3. The highest BCUT2D eigenvalue weighted by Crippen LogP contribution is 2.25. The number of nitro benzene ring substituents is 1. The molecule has 6 heteroatoms. The lowest BCUT2D eigenvalue weighted by molar-refractivity contribution is -0.385. The van der Waals surface area contributed by atoms with Crippen LogP contribution in [0.25, 0.3) is 6.08 Å². The monoisotopic (exact) mass is 270 g/mol. The Morgan fingerprint density at radius 2 is 2.20 bits per heavy atom. The van der Waals surface area contributed by atoms with Crippen LogP contribution >= 0.6 is 15.9 Å². The number of nitrogens with two attached hydrogens (primary N) is 1. The summed E-state index contributed by atoms with van der Waals surface area (Å²) in [6.45, 7) is 0. The zero-order chi connectivity index (χ0) is 11.4. The van der Waals surface area contributed by atoms with Crippen molar-refractivity contribution in [2.24, 2.45) is 5.73 Å². The van der Waals surface area contributed by atoms with Gasteiger partial charge in [0.15, 0.2) is 0 Å². The van der Waals surface area contributed by atoms with E-state index in [9.17, 15) is 14.9 Å². The number of carbonyl (C=O) groups excluding carboxylic acids is 1. The van der Waals surface area contributed by atoms with E-state index in [0.717, 1.165) is 6.08 Å². The standard InChI is InChI=1S/C9H7BrN2O3/c10-7-3-1-6(2-4-9(11)13)5-8(7)12(14)15/h1-5H,(H2,11,13)/b4-2+. The van der Waals surface area contributed by atoms with Gasteiger partial charge < -0.3 is 5.73 Å². The summed E-state index contributed by atoms with van der Waals surface area (Å²) >= 11 is 3.05. The Kier molecular flexibility index (Phi) is 3.56. The maximum atomic E-state index is 10.6. The number of carbonyl (C=O) groups is 1. The average Bonchev–Trinajstić information content (AvgIpc) is 2.16. The van der Waals surface area contributed by atoms with E-state index in [2.05, 4.69) is 15.9 Å². The highest BCUT2D eigenvalue weighted by molar-refractivity contribution is 9.10. The van der Waals surface area contributed by atoms with Gasteiger partial charge in [-0.3, -0.25) is 14.9 Å². The molecule has 0 radical (unpaired) electrons. The van der Waals surface area contributed by atoms with Crippen LogP contribution in [0.2, 0.25) is 0 Å². The summed E-state index contributed by atoms with van der Waals surface area (Å²) in [5.41, 5.74) is 5.39. The van der Waals surface area contributed by atoms with Gasteiger partial charge in [0.2, 0.25) is 5.91 Å². The molecule has 0 unspecified atom stereocenters. The Morgan fingerprint density at radius 3 is 2.73 bits per heavy atom. The first kappa shape index (κ1) is 11.4. The van der Waals surface area contributed by atoms with E-state index in [1.54, 1.807) is 12.1 Å². The van der Waals surface area contributed by atoms with E-state index in [4.69, 9.17) is 5.73 Å². The van der Waals surface area contributed by atoms with Crippen LogP contribution in [0.3, 0.4) is 0 Å². The van der Waals surface area contributed by atoms with Crippen LogP contribution in [-0.4, -0.2) is 10.8 Å². The van der Waals surface area contributed by atoms with Gasteiger partial charge >= 0.3 is 0 Å². The fraction of sp³-hybridized carbons (Fsp3) is 0. The Labute approximate surface area is 93.9 Å². The summed E-state index contributed by atoms with van der Waals surface area (Å²) in [7, 11) is 0. The van der Waals surface area contributed by atoms with Crippen molar-refractivity contribution < 1.29 is 9.72 Å². The molecule has 2 N–H and O–H groups in total. The summed E-state index contributed by atoms with van der Waals surface area (Å²) in [4.78, 5) is 20.5. The number of nitrogens with zero attached hydrogens (tertiary/aromatic N) is 1. The van der Waals surface area contributed by atoms with Crippen LogP contribution in [0, 0.1) is 10.1 Å². The van der Waals surface area contributed by atoms with E-state index in [1.807, 2.05) is 0 Å². The molecule has 0 fully saturated rings. The van der Waals surface area contributed by atoms with E-state index < -0.39 is 10.8 Å². The molecule has 5 nitrogen and oxygen atoms in total. The molecule has 0 aliphatic carbocycles. The van der Waals surface area contributed by atoms with E-state index in [1.165, 1.54) is 12.1 Å². The van der Waals surface area contributed by atoms with Crippen molar-refractivity contribution in [1.29, 1.82) is 0 Å². The first-order chi connectivity index (χ1) is 7.00. The molecule has 1 aromatic carbocycles. The van der Waals surface area contributed by atoms with Crippen molar-refractivity contribution in [3.05, 3.63) is 44.4 Å². The molecule has 0 atom stereocenters. The number of primary amides is 1. The van der Waals surface area contributed by atoms with Crippen LogP contribution in [0.15, 0.2) is 28.7 Å². The summed E-state index contributed by atoms with van der Waals surface area (Å²) in [5.74, 6) is -0.597. The SMILES string of the molecule is NC(=O)/C=C/c1ccc(Br)c([N+](=O)[O-])c1. The quantitative estimate of drug-likeness (QED) is 0.517. The minimum Gasteiger partial charge on any atom is -0.366 e. The third-order valence-electron chi connectivity index (χ3n) is 1.61. The van der Waals surface area contributed by atoms with Crippen molar-refractivity contribution in [1.82, 2.24) is 0 Å². The zero-order valence-electron chi connectivity index (χ0n) is 7.51. The lowest BCUT2D eigenvalue weighted by Crippen LogP contribution is -2.05. The normalized spacial score (nSPS) is 10.5. The van der Waals surface area contributed by atoms with Gasteiger partial charge in [-0.1, -0.05) is 6.07 Å². The van der Waals surface area contributed by atoms with Crippen molar-refractivity contribution in [2.45, 2.75) is 0 Å². The lowest BCUT2D eigenvalue weighted by Gasteiger charge is -1.96. The van der Waals surface area contributed by atoms with E-state index >= 15 is 0 Å². The van der Waals surface area contributed by atoms with Gasteiger partial charge in [0.25, 0.3) is 5.69 Å². The molecular weight excluding hydrogens is 264 g/mol. The highest BCUT2D eigenvalue weighted by Gasteiger charge is 2.10. The van der Waals surface area contributed by atoms with Crippen molar-refractivity contribution in [2.75, 3.05) is 0 Å². The number of benzene rings is 1. The van der Waals surface area contributed by atoms with Gasteiger partial charge in [0.05, 0.1) is 9.40 Å². The van der Waals surface area contributed by atoms with Gasteiger partial charge in [-0.05, 0) is 33.6 Å². The zero-order valence-corrected chi connectivity index (χ0v) is 9.10. The van der Waals surface area contributed by atoms with Gasteiger partial charge in [-0.25, -0.2) is 0 Å². The fourth-order valence-corrected chi connectivity index (χ4v) is 1.34. The summed E-state index contributed by atoms with van der Waals surface area (Å²) in [6, 6.07) is 4.53. The second-order valence-electron chi connectivity index (χ2n) is 2.70. The number of amides is 1. The second kappa shape index (κ2) is 4.70. The van der Waals surface area contributed by atoms with Gasteiger partial charge in [-0.2, -0.15) is 0 Å². The Balaban J connectivity index is 3.08. The molecule has 0 saturated carbocycles. The molecule has 0 heterocycles. The minimum atomic E-state index is -0.597. The molecule has 0 bridgehead atoms. The Hall–Kier alpha value is -1.69. The number of nitro groups is 1. The maximum absolute atomic E-state index is 10.6. The molecule has 0 aliphatic rings. The Morgan fingerprint density at radius 1 is 1.53 bits per heavy atom. The van der Waals surface area contributed by atoms with Gasteiger partial charge in [-0.15, -0.1) is 0 Å². The van der Waals surface area contributed by atoms with Crippen LogP contribution < -0.4 is 5.73 Å². The van der Waals surface area contributed by atoms with Crippen molar-refractivity contribution in [3.63, 3.8) is 0 Å². The largest absolute Gasteiger partial charge is 0.366 e. The highest BCUT2D eigenvalue weighted by atomic mass is 79.9.